The highest BCUT2D eigenvalue weighted by molar-refractivity contribution is 7.13. The van der Waals surface area contributed by atoms with Crippen molar-refractivity contribution in [3.05, 3.63) is 41.2 Å². The number of hydrogen-bond donors (Lipinski definition) is 0. The van der Waals surface area contributed by atoms with Gasteiger partial charge in [-0.25, -0.2) is 9.37 Å². The Balaban J connectivity index is 2.30. The minimum Gasteiger partial charge on any atom is -0.240 e. The predicted molar refractivity (Wildman–Crippen MR) is 66.2 cm³/mol. The Hall–Kier alpha value is -1.73. The van der Waals surface area contributed by atoms with E-state index in [0.29, 0.717) is 0 Å². The van der Waals surface area contributed by atoms with E-state index in [2.05, 4.69) is 11.1 Å². The molecule has 0 saturated heterocycles. The lowest BCUT2D eigenvalue weighted by Crippen LogP contribution is -1.93. The van der Waals surface area contributed by atoms with Gasteiger partial charge in [0, 0.05) is 10.9 Å². The van der Waals surface area contributed by atoms with Gasteiger partial charge in [0.05, 0.1) is 17.7 Å². The van der Waals surface area contributed by atoms with Gasteiger partial charge in [0.15, 0.2) is 0 Å². The first-order valence-corrected chi connectivity index (χ1v) is 6.23. The second kappa shape index (κ2) is 5.07. The number of nitrogens with zero attached hydrogens (tertiary/aromatic N) is 2. The number of thiazole rings is 1. The summed E-state index contributed by atoms with van der Waals surface area (Å²) in [6.45, 7) is 1.96. The van der Waals surface area contributed by atoms with Crippen molar-refractivity contribution >= 4 is 11.3 Å². The summed E-state index contributed by atoms with van der Waals surface area (Å²) in [5.41, 5.74) is 1.69. The Kier molecular flexibility index (Phi) is 3.50. The number of hydrogen-bond acceptors (Lipinski definition) is 3. The molecule has 0 aliphatic rings. The molecule has 1 unspecified atom stereocenters. The van der Waals surface area contributed by atoms with E-state index in [0.717, 1.165) is 22.7 Å². The molecular formula is C13H11FN2S. The molecule has 17 heavy (non-hydrogen) atoms. The Morgan fingerprint density at radius 1 is 1.41 bits per heavy atom. The summed E-state index contributed by atoms with van der Waals surface area (Å²) in [7, 11) is 0. The maximum Gasteiger partial charge on any atom is 0.123 e. The van der Waals surface area contributed by atoms with E-state index < -0.39 is 0 Å². The van der Waals surface area contributed by atoms with Crippen molar-refractivity contribution in [2.24, 2.45) is 0 Å². The number of nitriles is 1. The summed E-state index contributed by atoms with van der Waals surface area (Å²) in [6.07, 6.45) is 0.753. The monoisotopic (exact) mass is 246 g/mol. The van der Waals surface area contributed by atoms with E-state index >= 15 is 0 Å². The molecule has 1 heterocycles. The summed E-state index contributed by atoms with van der Waals surface area (Å²) >= 11 is 1.48. The molecule has 2 rings (SSSR count). The van der Waals surface area contributed by atoms with Crippen LogP contribution in [0.1, 0.15) is 25.0 Å². The molecule has 2 nitrogen and oxygen atoms in total. The van der Waals surface area contributed by atoms with Crippen LogP contribution in [0.5, 0.6) is 0 Å². The Labute approximate surface area is 103 Å². The quantitative estimate of drug-likeness (QED) is 0.821. The third-order valence-corrected chi connectivity index (χ3v) is 3.44. The van der Waals surface area contributed by atoms with E-state index in [4.69, 9.17) is 5.26 Å². The SMILES string of the molecule is CCC(C#N)c1csc(-c2ccc(F)cc2)n1. The lowest BCUT2D eigenvalue weighted by atomic mass is 10.1. The Bertz CT molecular complexity index is 539. The molecule has 0 spiro atoms. The van der Waals surface area contributed by atoms with Crippen LogP contribution in [0.4, 0.5) is 4.39 Å². The van der Waals surface area contributed by atoms with Gasteiger partial charge in [0.2, 0.25) is 0 Å². The number of benzene rings is 1. The maximum atomic E-state index is 12.8. The largest absolute Gasteiger partial charge is 0.240 e. The highest BCUT2D eigenvalue weighted by Gasteiger charge is 2.13. The molecule has 0 fully saturated rings. The fourth-order valence-electron chi connectivity index (χ4n) is 1.54. The van der Waals surface area contributed by atoms with Gasteiger partial charge < -0.3 is 0 Å². The maximum absolute atomic E-state index is 12.8. The molecule has 0 aliphatic heterocycles. The van der Waals surface area contributed by atoms with Gasteiger partial charge in [0.25, 0.3) is 0 Å². The molecular weight excluding hydrogens is 235 g/mol. The van der Waals surface area contributed by atoms with Gasteiger partial charge >= 0.3 is 0 Å². The smallest absolute Gasteiger partial charge is 0.123 e. The fraction of sp³-hybridized carbons (Fsp3) is 0.231. The van der Waals surface area contributed by atoms with Crippen LogP contribution >= 0.6 is 11.3 Å². The molecule has 0 bridgehead atoms. The summed E-state index contributed by atoms with van der Waals surface area (Å²) in [6, 6.07) is 8.45. The Morgan fingerprint density at radius 2 is 2.12 bits per heavy atom. The van der Waals surface area contributed by atoms with E-state index in [9.17, 15) is 4.39 Å². The van der Waals surface area contributed by atoms with Crippen molar-refractivity contribution < 1.29 is 4.39 Å². The standard InChI is InChI=1S/C13H11FN2S/c1-2-9(7-15)12-8-17-13(16-12)10-3-5-11(14)6-4-10/h3-6,8-9H,2H2,1H3. The summed E-state index contributed by atoms with van der Waals surface area (Å²) in [5.74, 6) is -0.408. The number of rotatable bonds is 3. The zero-order chi connectivity index (χ0) is 12.3. The van der Waals surface area contributed by atoms with Gasteiger partial charge in [-0.15, -0.1) is 11.3 Å². The molecule has 0 N–H and O–H groups in total. The highest BCUT2D eigenvalue weighted by Crippen LogP contribution is 2.28. The summed E-state index contributed by atoms with van der Waals surface area (Å²) in [5, 5.41) is 11.7. The number of aromatic nitrogens is 1. The first-order valence-electron chi connectivity index (χ1n) is 5.35. The molecule has 0 saturated carbocycles. The first kappa shape index (κ1) is 11.7. The van der Waals surface area contributed by atoms with Crippen LogP contribution in [0.25, 0.3) is 10.6 Å². The average Bonchev–Trinajstić information content (AvgIpc) is 2.81. The zero-order valence-electron chi connectivity index (χ0n) is 9.35. The van der Waals surface area contributed by atoms with Crippen molar-refractivity contribution in [3.8, 4) is 16.6 Å². The lowest BCUT2D eigenvalue weighted by Gasteiger charge is -2.00. The topological polar surface area (TPSA) is 36.7 Å². The summed E-state index contributed by atoms with van der Waals surface area (Å²) in [4.78, 5) is 4.43. The van der Waals surface area contributed by atoms with Gasteiger partial charge in [-0.05, 0) is 30.7 Å². The van der Waals surface area contributed by atoms with Crippen LogP contribution < -0.4 is 0 Å². The van der Waals surface area contributed by atoms with Gasteiger partial charge in [-0.1, -0.05) is 6.92 Å². The molecule has 1 atom stereocenters. The predicted octanol–water partition coefficient (Wildman–Crippen LogP) is 3.97. The van der Waals surface area contributed by atoms with E-state index in [1.165, 1.54) is 23.5 Å². The molecule has 4 heteroatoms. The van der Waals surface area contributed by atoms with E-state index in [1.54, 1.807) is 12.1 Å². The van der Waals surface area contributed by atoms with Gasteiger partial charge in [0.1, 0.15) is 10.8 Å². The molecule has 2 aromatic rings. The van der Waals surface area contributed by atoms with Crippen molar-refractivity contribution in [3.63, 3.8) is 0 Å². The first-order chi connectivity index (χ1) is 8.24. The molecule has 1 aromatic carbocycles. The van der Waals surface area contributed by atoms with Crippen molar-refractivity contribution in [2.45, 2.75) is 19.3 Å². The Morgan fingerprint density at radius 3 is 2.71 bits per heavy atom. The van der Waals surface area contributed by atoms with Gasteiger partial charge in [-0.2, -0.15) is 5.26 Å². The molecule has 0 radical (unpaired) electrons. The van der Waals surface area contributed by atoms with Crippen molar-refractivity contribution in [1.82, 2.24) is 4.98 Å². The van der Waals surface area contributed by atoms with Crippen LogP contribution in [-0.4, -0.2) is 4.98 Å². The van der Waals surface area contributed by atoms with E-state index in [1.807, 2.05) is 12.3 Å². The second-order valence-corrected chi connectivity index (χ2v) is 4.53. The average molecular weight is 246 g/mol. The van der Waals surface area contributed by atoms with Crippen molar-refractivity contribution in [1.29, 1.82) is 5.26 Å². The highest BCUT2D eigenvalue weighted by atomic mass is 32.1. The zero-order valence-corrected chi connectivity index (χ0v) is 10.2. The van der Waals surface area contributed by atoms with Crippen LogP contribution in [0.3, 0.4) is 0 Å². The second-order valence-electron chi connectivity index (χ2n) is 3.67. The third kappa shape index (κ3) is 2.51. The third-order valence-electron chi connectivity index (χ3n) is 2.53. The number of halogens is 1. The molecule has 0 aliphatic carbocycles. The van der Waals surface area contributed by atoms with Crippen LogP contribution in [0.2, 0.25) is 0 Å². The van der Waals surface area contributed by atoms with Crippen LogP contribution in [0.15, 0.2) is 29.6 Å². The van der Waals surface area contributed by atoms with E-state index in [-0.39, 0.29) is 11.7 Å². The minimum absolute atomic E-state index is 0.152. The molecule has 0 amide bonds. The lowest BCUT2D eigenvalue weighted by molar-refractivity contribution is 0.628. The summed E-state index contributed by atoms with van der Waals surface area (Å²) < 4.78 is 12.8. The normalized spacial score (nSPS) is 12.1. The van der Waals surface area contributed by atoms with Crippen LogP contribution in [-0.2, 0) is 0 Å². The fourth-order valence-corrected chi connectivity index (χ4v) is 2.42. The van der Waals surface area contributed by atoms with Crippen LogP contribution in [0, 0.1) is 17.1 Å². The minimum atomic E-state index is -0.256. The molecule has 86 valence electrons. The molecule has 1 aromatic heterocycles. The van der Waals surface area contributed by atoms with Gasteiger partial charge in [-0.3, -0.25) is 0 Å². The van der Waals surface area contributed by atoms with Crippen molar-refractivity contribution in [2.75, 3.05) is 0 Å².